The monoisotopic (exact) mass is 381 g/mol. The molecule has 1 unspecified atom stereocenters. The Morgan fingerprint density at radius 1 is 1.12 bits per heavy atom. The molecule has 9 nitrogen and oxygen atoms in total. The fraction of sp³-hybridized carbons (Fsp3) is 0.500. The Morgan fingerprint density at radius 3 is 2.42 bits per heavy atom. The molecule has 2 N–H and O–H groups in total. The zero-order valence-corrected chi connectivity index (χ0v) is 14.8. The molecule has 3 aliphatic heterocycles. The van der Waals surface area contributed by atoms with Gasteiger partial charge in [-0.25, -0.2) is 4.18 Å². The van der Waals surface area contributed by atoms with Crippen LogP contribution >= 0.6 is 0 Å². The van der Waals surface area contributed by atoms with Crippen LogP contribution in [0.5, 0.6) is 0 Å². The van der Waals surface area contributed by atoms with Gasteiger partial charge in [-0.15, -0.1) is 9.35 Å². The maximum atomic E-state index is 12.6. The Bertz CT molecular complexity index is 847. The molecule has 1 aromatic carbocycles. The van der Waals surface area contributed by atoms with Gasteiger partial charge in [-0.1, -0.05) is 12.1 Å². The quantitative estimate of drug-likeness (QED) is 0.720. The first-order valence-electron chi connectivity index (χ1n) is 8.44. The Kier molecular flexibility index (Phi) is 4.03. The fourth-order valence-electron chi connectivity index (χ4n) is 3.62. The van der Waals surface area contributed by atoms with Crippen molar-refractivity contribution in [2.75, 3.05) is 18.0 Å². The lowest BCUT2D eigenvalue weighted by Crippen LogP contribution is -2.60. The van der Waals surface area contributed by atoms with E-state index in [1.165, 1.54) is 0 Å². The van der Waals surface area contributed by atoms with Crippen LogP contribution in [-0.2, 0) is 34.1 Å². The van der Waals surface area contributed by atoms with E-state index in [2.05, 4.69) is 9.18 Å². The number of piperidine rings is 2. The minimum absolute atomic E-state index is 0.0486. The SMILES string of the molecule is NC1CCN(c2ccc(C34CCC(=O)N(OS(=O)(=O)O3)C4=O)cc2)CC1. The summed E-state index contributed by atoms with van der Waals surface area (Å²) in [5.74, 6) is -1.51. The van der Waals surface area contributed by atoms with Gasteiger partial charge in [-0.3, -0.25) is 9.59 Å². The van der Waals surface area contributed by atoms with Gasteiger partial charge in [0.05, 0.1) is 0 Å². The molecule has 0 saturated carbocycles. The Balaban J connectivity index is 1.65. The van der Waals surface area contributed by atoms with E-state index in [0.717, 1.165) is 31.6 Å². The second-order valence-corrected chi connectivity index (χ2v) is 7.89. The number of hydrogen-bond acceptors (Lipinski definition) is 8. The summed E-state index contributed by atoms with van der Waals surface area (Å²) >= 11 is 0. The number of carbonyl (C=O) groups is 2. The van der Waals surface area contributed by atoms with Gasteiger partial charge in [-0.05, 0) is 30.5 Å². The molecule has 2 bridgehead atoms. The van der Waals surface area contributed by atoms with Crippen molar-refractivity contribution in [2.45, 2.75) is 37.3 Å². The van der Waals surface area contributed by atoms with Gasteiger partial charge in [0.1, 0.15) is 0 Å². The number of benzene rings is 1. The van der Waals surface area contributed by atoms with Crippen molar-refractivity contribution in [3.05, 3.63) is 29.8 Å². The topological polar surface area (TPSA) is 119 Å². The van der Waals surface area contributed by atoms with Gasteiger partial charge in [0, 0.05) is 37.7 Å². The summed E-state index contributed by atoms with van der Waals surface area (Å²) in [5, 5.41) is 0.294. The average Bonchev–Trinajstić information content (AvgIpc) is 2.61. The molecule has 3 saturated heterocycles. The zero-order valence-electron chi connectivity index (χ0n) is 14.0. The van der Waals surface area contributed by atoms with E-state index >= 15 is 0 Å². The molecular formula is C16H19N3O6S. The van der Waals surface area contributed by atoms with Gasteiger partial charge < -0.3 is 10.6 Å². The fourth-order valence-corrected chi connectivity index (χ4v) is 4.58. The molecule has 0 spiro atoms. The van der Waals surface area contributed by atoms with Crippen molar-refractivity contribution in [2.24, 2.45) is 5.73 Å². The molecule has 3 fully saturated rings. The van der Waals surface area contributed by atoms with Crippen molar-refractivity contribution >= 4 is 27.9 Å². The molecule has 1 aromatic rings. The lowest BCUT2D eigenvalue weighted by Gasteiger charge is -2.41. The number of rotatable bonds is 2. The third kappa shape index (κ3) is 2.78. The van der Waals surface area contributed by atoms with Gasteiger partial charge in [-0.2, -0.15) is 8.42 Å². The van der Waals surface area contributed by atoms with Crippen molar-refractivity contribution in [3.8, 4) is 0 Å². The zero-order chi connectivity index (χ0) is 18.5. The number of nitrogens with two attached hydrogens (primary N) is 1. The number of imide groups is 1. The number of hydroxylamine groups is 2. The minimum Gasteiger partial charge on any atom is -0.371 e. The summed E-state index contributed by atoms with van der Waals surface area (Å²) < 4.78 is 33.2. The summed E-state index contributed by atoms with van der Waals surface area (Å²) in [6, 6.07) is 7.18. The van der Waals surface area contributed by atoms with E-state index in [9.17, 15) is 18.0 Å². The van der Waals surface area contributed by atoms with Crippen LogP contribution in [0.1, 0.15) is 31.2 Å². The van der Waals surface area contributed by atoms with Gasteiger partial charge >= 0.3 is 10.4 Å². The standard InChI is InChI=1S/C16H19N3O6S/c17-12-6-9-18(10-7-12)13-3-1-11(2-4-13)16-8-5-14(20)19(15(16)21)25-26(22,23)24-16/h1-4,12H,5-10,17H2. The molecule has 2 amide bonds. The smallest absolute Gasteiger partial charge is 0.371 e. The first kappa shape index (κ1) is 17.4. The average molecular weight is 381 g/mol. The molecule has 1 atom stereocenters. The highest BCUT2D eigenvalue weighted by Crippen LogP contribution is 2.42. The first-order chi connectivity index (χ1) is 12.3. The van der Waals surface area contributed by atoms with E-state index in [1.54, 1.807) is 12.1 Å². The number of anilines is 1. The molecule has 0 radical (unpaired) electrons. The molecule has 0 aliphatic carbocycles. The van der Waals surface area contributed by atoms with Crippen LogP contribution in [0, 0.1) is 0 Å². The third-order valence-corrected chi connectivity index (χ3v) is 5.92. The first-order valence-corrected chi connectivity index (χ1v) is 9.78. The van der Waals surface area contributed by atoms with Crippen LogP contribution in [0.15, 0.2) is 24.3 Å². The molecule has 3 aliphatic rings. The van der Waals surface area contributed by atoms with Crippen LogP contribution < -0.4 is 10.6 Å². The van der Waals surface area contributed by atoms with Gasteiger partial charge in [0.15, 0.2) is 5.60 Å². The largest absolute Gasteiger partial charge is 0.422 e. The van der Waals surface area contributed by atoms with Crippen molar-refractivity contribution in [1.82, 2.24) is 5.06 Å². The molecule has 140 valence electrons. The molecule has 4 rings (SSSR count). The van der Waals surface area contributed by atoms with Crippen molar-refractivity contribution < 1.29 is 26.5 Å². The van der Waals surface area contributed by atoms with Crippen LogP contribution in [-0.4, -0.2) is 44.4 Å². The molecule has 3 heterocycles. The number of amides is 2. The molecule has 10 heteroatoms. The van der Waals surface area contributed by atoms with Crippen molar-refractivity contribution in [3.63, 3.8) is 0 Å². The summed E-state index contributed by atoms with van der Waals surface area (Å²) in [6.07, 6.45) is 1.70. The molecule has 26 heavy (non-hydrogen) atoms. The van der Waals surface area contributed by atoms with Crippen LogP contribution in [0.4, 0.5) is 5.69 Å². The summed E-state index contributed by atoms with van der Waals surface area (Å²) in [4.78, 5) is 26.6. The van der Waals surface area contributed by atoms with E-state index in [0.29, 0.717) is 10.6 Å². The maximum absolute atomic E-state index is 12.6. The maximum Gasteiger partial charge on any atom is 0.422 e. The summed E-state index contributed by atoms with van der Waals surface area (Å²) in [5.41, 5.74) is 5.51. The number of fused-ring (bicyclic) bond motifs is 2. The predicted octanol–water partition coefficient (Wildman–Crippen LogP) is 0.165. The van der Waals surface area contributed by atoms with E-state index in [1.807, 2.05) is 12.1 Å². The Hall–Kier alpha value is -2.01. The predicted molar refractivity (Wildman–Crippen MR) is 89.7 cm³/mol. The second-order valence-electron chi connectivity index (χ2n) is 6.76. The van der Waals surface area contributed by atoms with Crippen LogP contribution in [0.25, 0.3) is 0 Å². The van der Waals surface area contributed by atoms with Crippen LogP contribution in [0.2, 0.25) is 0 Å². The Labute approximate surface area is 150 Å². The Morgan fingerprint density at radius 2 is 1.77 bits per heavy atom. The lowest BCUT2D eigenvalue weighted by molar-refractivity contribution is -0.206. The number of hydrogen-bond donors (Lipinski definition) is 1. The number of nitrogens with zero attached hydrogens (tertiary/aromatic N) is 2. The molecular weight excluding hydrogens is 362 g/mol. The lowest BCUT2D eigenvalue weighted by atomic mass is 9.85. The normalized spacial score (nSPS) is 29.1. The third-order valence-electron chi connectivity index (χ3n) is 5.10. The van der Waals surface area contributed by atoms with Crippen LogP contribution in [0.3, 0.4) is 0 Å². The summed E-state index contributed by atoms with van der Waals surface area (Å²) in [6.45, 7) is 1.68. The van der Waals surface area contributed by atoms with E-state index in [4.69, 9.17) is 9.92 Å². The van der Waals surface area contributed by atoms with Crippen molar-refractivity contribution in [1.29, 1.82) is 0 Å². The highest BCUT2D eigenvalue weighted by atomic mass is 32.3. The van der Waals surface area contributed by atoms with E-state index < -0.39 is 27.8 Å². The van der Waals surface area contributed by atoms with Gasteiger partial charge in [0.2, 0.25) is 0 Å². The summed E-state index contributed by atoms with van der Waals surface area (Å²) in [7, 11) is -4.49. The molecule has 0 aromatic heterocycles. The second kappa shape index (κ2) is 6.02. The van der Waals surface area contributed by atoms with E-state index in [-0.39, 0.29) is 18.9 Å². The van der Waals surface area contributed by atoms with Gasteiger partial charge in [0.25, 0.3) is 11.8 Å². The highest BCUT2D eigenvalue weighted by molar-refractivity contribution is 7.82. The minimum atomic E-state index is -4.49. The number of carbonyl (C=O) groups excluding carboxylic acids is 2. The highest BCUT2D eigenvalue weighted by Gasteiger charge is 2.58.